The number of aromatic nitrogens is 5. The number of pyridine rings is 1. The molecule has 0 N–H and O–H groups in total. The maximum atomic E-state index is 5.11. The first-order valence-electron chi connectivity index (χ1n) is 13.8. The Bertz CT molecular complexity index is 2400. The highest BCUT2D eigenvalue weighted by molar-refractivity contribution is 7.26. The van der Waals surface area contributed by atoms with Crippen molar-refractivity contribution in [2.45, 2.75) is 0 Å². The van der Waals surface area contributed by atoms with Gasteiger partial charge in [0.05, 0.1) is 21.3 Å². The van der Waals surface area contributed by atoms with Crippen molar-refractivity contribution in [1.82, 2.24) is 24.5 Å². The number of benzene rings is 5. The van der Waals surface area contributed by atoms with E-state index in [4.69, 9.17) is 15.0 Å². The van der Waals surface area contributed by atoms with E-state index in [-0.39, 0.29) is 0 Å². The van der Waals surface area contributed by atoms with Crippen LogP contribution in [0.1, 0.15) is 0 Å². The number of nitrogens with zero attached hydrogens (tertiary/aromatic N) is 5. The van der Waals surface area contributed by atoms with Crippen LogP contribution >= 0.6 is 11.3 Å². The zero-order chi connectivity index (χ0) is 27.6. The van der Waals surface area contributed by atoms with Crippen molar-refractivity contribution >= 4 is 64.2 Å². The predicted octanol–water partition coefficient (Wildman–Crippen LogP) is 9.22. The maximum Gasteiger partial charge on any atom is 0.238 e. The van der Waals surface area contributed by atoms with Crippen molar-refractivity contribution in [3.05, 3.63) is 128 Å². The van der Waals surface area contributed by atoms with E-state index in [2.05, 4.69) is 64.1 Å². The number of thiophene rings is 1. The van der Waals surface area contributed by atoms with Crippen LogP contribution in [0, 0.1) is 0 Å². The van der Waals surface area contributed by atoms with Crippen molar-refractivity contribution < 1.29 is 0 Å². The molecule has 0 atom stereocenters. The monoisotopic (exact) mass is 555 g/mol. The van der Waals surface area contributed by atoms with Gasteiger partial charge in [0.2, 0.25) is 5.95 Å². The summed E-state index contributed by atoms with van der Waals surface area (Å²) in [6.07, 6.45) is 1.86. The highest BCUT2D eigenvalue weighted by Crippen LogP contribution is 2.43. The van der Waals surface area contributed by atoms with Crippen molar-refractivity contribution in [3.63, 3.8) is 0 Å². The van der Waals surface area contributed by atoms with E-state index in [0.717, 1.165) is 33.1 Å². The standard InChI is InChI=1S/C36H21N5S/c1-3-10-22(11-4-1)34-38-35(23-12-5-2-6-13-23)40-36(39-34)41-30-16-8-7-15-25(30)26-17-18-27-28-21-29-24(14-9-19-37-29)20-31(28)42-33(27)32(26)41/h1-21H. The lowest BCUT2D eigenvalue weighted by atomic mass is 10.1. The quantitative estimate of drug-likeness (QED) is 0.218. The van der Waals surface area contributed by atoms with Gasteiger partial charge in [0.15, 0.2) is 11.6 Å². The lowest BCUT2D eigenvalue weighted by Gasteiger charge is -2.11. The van der Waals surface area contributed by atoms with Crippen LogP contribution in [-0.2, 0) is 0 Å². The van der Waals surface area contributed by atoms with Crippen LogP contribution in [-0.4, -0.2) is 24.5 Å². The van der Waals surface area contributed by atoms with E-state index in [1.54, 1.807) is 0 Å². The molecule has 0 fully saturated rings. The van der Waals surface area contributed by atoms with Gasteiger partial charge in [0, 0.05) is 49.0 Å². The summed E-state index contributed by atoms with van der Waals surface area (Å²) in [6.45, 7) is 0. The van der Waals surface area contributed by atoms with Crippen LogP contribution in [0.25, 0.3) is 81.6 Å². The van der Waals surface area contributed by atoms with E-state index in [1.807, 2.05) is 84.3 Å². The average Bonchev–Trinajstić information content (AvgIpc) is 3.59. The first kappa shape index (κ1) is 23.3. The molecule has 5 nitrogen and oxygen atoms in total. The van der Waals surface area contributed by atoms with Crippen LogP contribution in [0.15, 0.2) is 128 Å². The number of para-hydroxylation sites is 1. The Hall–Kier alpha value is -5.46. The lowest BCUT2D eigenvalue weighted by Crippen LogP contribution is -2.06. The van der Waals surface area contributed by atoms with Crippen LogP contribution in [0.2, 0.25) is 0 Å². The summed E-state index contributed by atoms with van der Waals surface area (Å²) in [6, 6.07) is 41.8. The van der Waals surface area contributed by atoms with Gasteiger partial charge in [-0.2, -0.15) is 9.97 Å². The van der Waals surface area contributed by atoms with Gasteiger partial charge in [-0.1, -0.05) is 97.1 Å². The van der Waals surface area contributed by atoms with E-state index in [9.17, 15) is 0 Å². The molecule has 6 heteroatoms. The highest BCUT2D eigenvalue weighted by atomic mass is 32.1. The number of fused-ring (bicyclic) bond motifs is 8. The molecule has 0 unspecified atom stereocenters. The summed E-state index contributed by atoms with van der Waals surface area (Å²) in [4.78, 5) is 19.8. The topological polar surface area (TPSA) is 56.5 Å². The molecule has 4 aromatic heterocycles. The average molecular weight is 556 g/mol. The molecule has 5 aromatic carbocycles. The highest BCUT2D eigenvalue weighted by Gasteiger charge is 2.21. The summed E-state index contributed by atoms with van der Waals surface area (Å²) in [5.41, 5.74) is 5.07. The second-order valence-electron chi connectivity index (χ2n) is 10.4. The molecular formula is C36H21N5S. The summed E-state index contributed by atoms with van der Waals surface area (Å²) < 4.78 is 4.67. The third kappa shape index (κ3) is 3.49. The third-order valence-corrected chi connectivity index (χ3v) is 9.06. The minimum Gasteiger partial charge on any atom is -0.276 e. The van der Waals surface area contributed by atoms with E-state index >= 15 is 0 Å². The van der Waals surface area contributed by atoms with E-state index < -0.39 is 0 Å². The largest absolute Gasteiger partial charge is 0.276 e. The van der Waals surface area contributed by atoms with Crippen LogP contribution < -0.4 is 0 Å². The Morgan fingerprint density at radius 1 is 0.548 bits per heavy atom. The molecule has 0 radical (unpaired) electrons. The molecular weight excluding hydrogens is 534 g/mol. The zero-order valence-corrected chi connectivity index (χ0v) is 23.1. The SMILES string of the molecule is c1ccc(-c2nc(-c3ccccc3)nc(-n3c4ccccc4c4ccc5c6cc7ncccc7cc6sc5c43)n2)cc1. The first-order chi connectivity index (χ1) is 20.8. The summed E-state index contributed by atoms with van der Waals surface area (Å²) in [5, 5.41) is 5.91. The minimum absolute atomic E-state index is 0.602. The lowest BCUT2D eigenvalue weighted by molar-refractivity contribution is 0.955. The van der Waals surface area contributed by atoms with Crippen LogP contribution in [0.4, 0.5) is 0 Å². The third-order valence-electron chi connectivity index (χ3n) is 7.88. The number of hydrogen-bond donors (Lipinski definition) is 0. The second-order valence-corrected chi connectivity index (χ2v) is 11.4. The molecule has 0 saturated carbocycles. The van der Waals surface area contributed by atoms with Gasteiger partial charge in [-0.25, -0.2) is 4.98 Å². The van der Waals surface area contributed by atoms with Crippen LogP contribution in [0.3, 0.4) is 0 Å². The van der Waals surface area contributed by atoms with Gasteiger partial charge in [-0.15, -0.1) is 11.3 Å². The Morgan fingerprint density at radius 3 is 2.00 bits per heavy atom. The summed E-state index contributed by atoms with van der Waals surface area (Å²) in [7, 11) is 0. The summed E-state index contributed by atoms with van der Waals surface area (Å²) >= 11 is 1.81. The molecule has 0 amide bonds. The van der Waals surface area contributed by atoms with Crippen LogP contribution in [0.5, 0.6) is 0 Å². The minimum atomic E-state index is 0.602. The molecule has 9 rings (SSSR count). The number of hydrogen-bond acceptors (Lipinski definition) is 5. The van der Waals surface area contributed by atoms with Crippen molar-refractivity contribution in [3.8, 4) is 28.7 Å². The molecule has 9 aromatic rings. The first-order valence-corrected chi connectivity index (χ1v) is 14.6. The van der Waals surface area contributed by atoms with Crippen molar-refractivity contribution in [2.24, 2.45) is 0 Å². The van der Waals surface area contributed by atoms with Gasteiger partial charge >= 0.3 is 0 Å². The van der Waals surface area contributed by atoms with Crippen molar-refractivity contribution in [2.75, 3.05) is 0 Å². The smallest absolute Gasteiger partial charge is 0.238 e. The van der Waals surface area contributed by atoms with Crippen molar-refractivity contribution in [1.29, 1.82) is 0 Å². The van der Waals surface area contributed by atoms with Gasteiger partial charge in [0.25, 0.3) is 0 Å². The normalized spacial score (nSPS) is 11.8. The van der Waals surface area contributed by atoms with Gasteiger partial charge in [-0.3, -0.25) is 9.55 Å². The summed E-state index contributed by atoms with van der Waals surface area (Å²) in [5.74, 6) is 1.89. The maximum absolute atomic E-state index is 5.11. The molecule has 0 aliphatic heterocycles. The fourth-order valence-electron chi connectivity index (χ4n) is 5.95. The molecule has 0 aliphatic carbocycles. The predicted molar refractivity (Wildman–Crippen MR) is 173 cm³/mol. The Morgan fingerprint density at radius 2 is 1.24 bits per heavy atom. The molecule has 196 valence electrons. The molecule has 4 heterocycles. The van der Waals surface area contributed by atoms with Gasteiger partial charge < -0.3 is 0 Å². The molecule has 0 aliphatic rings. The Labute approximate surface area is 244 Å². The Kier molecular flexibility index (Phi) is 5.00. The fourth-order valence-corrected chi connectivity index (χ4v) is 7.22. The second kappa shape index (κ2) is 9.03. The Balaban J connectivity index is 1.42. The fraction of sp³-hybridized carbons (Fsp3) is 0. The zero-order valence-electron chi connectivity index (χ0n) is 22.3. The molecule has 0 bridgehead atoms. The van der Waals surface area contributed by atoms with E-state index in [1.165, 1.54) is 30.9 Å². The molecule has 42 heavy (non-hydrogen) atoms. The van der Waals surface area contributed by atoms with E-state index in [0.29, 0.717) is 17.6 Å². The molecule has 0 spiro atoms. The number of rotatable bonds is 3. The molecule has 0 saturated heterocycles. The van der Waals surface area contributed by atoms with Gasteiger partial charge in [0.1, 0.15) is 0 Å². The van der Waals surface area contributed by atoms with Gasteiger partial charge in [-0.05, 0) is 24.3 Å².